The monoisotopic (exact) mass is 252 g/mol. The third-order valence-electron chi connectivity index (χ3n) is 5.59. The molecule has 0 radical (unpaired) electrons. The largest absolute Gasteiger partial charge is 0.459 e. The smallest absolute Gasteiger partial charge is 0.309 e. The van der Waals surface area contributed by atoms with Crippen LogP contribution in [0, 0.1) is 23.7 Å². The molecule has 2 rings (SSSR count). The average Bonchev–Trinajstić information content (AvgIpc) is 2.36. The molecule has 0 aliphatic heterocycles. The van der Waals surface area contributed by atoms with Crippen molar-refractivity contribution in [3.05, 3.63) is 0 Å². The molecule has 0 heterocycles. The summed E-state index contributed by atoms with van der Waals surface area (Å²) in [5, 5.41) is 0. The zero-order valence-corrected chi connectivity index (χ0v) is 12.4. The second-order valence-corrected chi connectivity index (χ2v) is 6.78. The van der Waals surface area contributed by atoms with Crippen LogP contribution in [0.2, 0.25) is 0 Å². The fourth-order valence-corrected chi connectivity index (χ4v) is 3.83. The molecule has 0 aromatic heterocycles. The molecule has 2 aliphatic rings. The third-order valence-corrected chi connectivity index (χ3v) is 5.59. The summed E-state index contributed by atoms with van der Waals surface area (Å²) in [5.41, 5.74) is -0.211. The van der Waals surface area contributed by atoms with Crippen molar-refractivity contribution in [2.45, 2.75) is 71.8 Å². The molecule has 2 fully saturated rings. The van der Waals surface area contributed by atoms with Crippen LogP contribution in [0.3, 0.4) is 0 Å². The highest BCUT2D eigenvalue weighted by atomic mass is 16.6. The lowest BCUT2D eigenvalue weighted by Crippen LogP contribution is -2.51. The molecule has 0 aromatic rings. The van der Waals surface area contributed by atoms with Crippen LogP contribution in [-0.4, -0.2) is 11.6 Å². The summed E-state index contributed by atoms with van der Waals surface area (Å²) >= 11 is 0. The van der Waals surface area contributed by atoms with Crippen molar-refractivity contribution in [1.29, 1.82) is 0 Å². The molecular formula is C16H28O2. The van der Waals surface area contributed by atoms with Crippen LogP contribution < -0.4 is 0 Å². The Hall–Kier alpha value is -0.530. The molecule has 0 saturated heterocycles. The SMILES string of the molecule is CCC(C)C(=O)OC1(C)C(C)CC2CCCC1C2. The average molecular weight is 252 g/mol. The highest BCUT2D eigenvalue weighted by molar-refractivity contribution is 5.72. The maximum absolute atomic E-state index is 12.1. The molecule has 2 heteroatoms. The van der Waals surface area contributed by atoms with Crippen LogP contribution in [0.5, 0.6) is 0 Å². The van der Waals surface area contributed by atoms with E-state index in [-0.39, 0.29) is 17.5 Å². The summed E-state index contributed by atoms with van der Waals surface area (Å²) in [7, 11) is 0. The summed E-state index contributed by atoms with van der Waals surface area (Å²) in [6.45, 7) is 8.48. The van der Waals surface area contributed by atoms with E-state index in [9.17, 15) is 4.79 Å². The minimum absolute atomic E-state index is 0.0101. The van der Waals surface area contributed by atoms with Crippen LogP contribution in [0.1, 0.15) is 66.2 Å². The summed E-state index contributed by atoms with van der Waals surface area (Å²) in [4.78, 5) is 12.1. The van der Waals surface area contributed by atoms with E-state index >= 15 is 0 Å². The van der Waals surface area contributed by atoms with Gasteiger partial charge < -0.3 is 4.74 Å². The van der Waals surface area contributed by atoms with Gasteiger partial charge >= 0.3 is 5.97 Å². The lowest BCUT2D eigenvalue weighted by Gasteiger charge is -2.51. The van der Waals surface area contributed by atoms with Gasteiger partial charge in [-0.2, -0.15) is 0 Å². The summed E-state index contributed by atoms with van der Waals surface area (Å²) in [6.07, 6.45) is 7.33. The molecule has 18 heavy (non-hydrogen) atoms. The first-order valence-electron chi connectivity index (χ1n) is 7.70. The summed E-state index contributed by atoms with van der Waals surface area (Å²) < 4.78 is 5.99. The van der Waals surface area contributed by atoms with Crippen molar-refractivity contribution in [3.63, 3.8) is 0 Å². The van der Waals surface area contributed by atoms with Gasteiger partial charge in [0.1, 0.15) is 5.60 Å². The number of hydrogen-bond acceptors (Lipinski definition) is 2. The Bertz CT molecular complexity index is 310. The second-order valence-electron chi connectivity index (χ2n) is 6.78. The normalized spacial score (nSPS) is 41.2. The zero-order chi connectivity index (χ0) is 13.3. The number of rotatable bonds is 3. The van der Waals surface area contributed by atoms with Crippen molar-refractivity contribution in [1.82, 2.24) is 0 Å². The van der Waals surface area contributed by atoms with E-state index in [1.807, 2.05) is 6.92 Å². The van der Waals surface area contributed by atoms with Crippen molar-refractivity contribution in [2.24, 2.45) is 23.7 Å². The molecule has 104 valence electrons. The molecule has 2 bridgehead atoms. The zero-order valence-electron chi connectivity index (χ0n) is 12.4. The summed E-state index contributed by atoms with van der Waals surface area (Å²) in [5.74, 6) is 2.03. The molecule has 0 amide bonds. The Morgan fingerprint density at radius 3 is 2.78 bits per heavy atom. The fraction of sp³-hybridized carbons (Fsp3) is 0.938. The Morgan fingerprint density at radius 1 is 1.39 bits per heavy atom. The minimum Gasteiger partial charge on any atom is -0.459 e. The number of ether oxygens (including phenoxy) is 1. The van der Waals surface area contributed by atoms with E-state index in [2.05, 4.69) is 20.8 Å². The van der Waals surface area contributed by atoms with Crippen LogP contribution in [-0.2, 0) is 9.53 Å². The van der Waals surface area contributed by atoms with E-state index in [1.165, 1.54) is 32.1 Å². The first-order valence-corrected chi connectivity index (χ1v) is 7.70. The lowest BCUT2D eigenvalue weighted by atomic mass is 9.60. The predicted molar refractivity (Wildman–Crippen MR) is 73.2 cm³/mol. The van der Waals surface area contributed by atoms with Gasteiger partial charge in [0.2, 0.25) is 0 Å². The van der Waals surface area contributed by atoms with E-state index in [0.717, 1.165) is 12.3 Å². The van der Waals surface area contributed by atoms with Crippen LogP contribution in [0.4, 0.5) is 0 Å². The van der Waals surface area contributed by atoms with E-state index < -0.39 is 0 Å². The third kappa shape index (κ3) is 2.44. The van der Waals surface area contributed by atoms with Crippen molar-refractivity contribution in [2.75, 3.05) is 0 Å². The molecular weight excluding hydrogens is 224 g/mol. The van der Waals surface area contributed by atoms with Gasteiger partial charge in [-0.05, 0) is 50.4 Å². The second kappa shape index (κ2) is 5.22. The van der Waals surface area contributed by atoms with Gasteiger partial charge in [0.05, 0.1) is 5.92 Å². The van der Waals surface area contributed by atoms with Gasteiger partial charge in [-0.25, -0.2) is 0 Å². The summed E-state index contributed by atoms with van der Waals surface area (Å²) in [6, 6.07) is 0. The van der Waals surface area contributed by atoms with E-state index in [1.54, 1.807) is 0 Å². The first-order chi connectivity index (χ1) is 8.47. The van der Waals surface area contributed by atoms with Crippen molar-refractivity contribution < 1.29 is 9.53 Å². The molecule has 2 saturated carbocycles. The van der Waals surface area contributed by atoms with Gasteiger partial charge in [-0.3, -0.25) is 4.79 Å². The number of esters is 1. The molecule has 5 atom stereocenters. The van der Waals surface area contributed by atoms with Gasteiger partial charge in [0, 0.05) is 0 Å². The fourth-order valence-electron chi connectivity index (χ4n) is 3.83. The highest BCUT2D eigenvalue weighted by Gasteiger charge is 2.49. The lowest BCUT2D eigenvalue weighted by molar-refractivity contribution is -0.186. The number of carbonyl (C=O) groups is 1. The van der Waals surface area contributed by atoms with Crippen molar-refractivity contribution >= 4 is 5.97 Å². The Kier molecular flexibility index (Phi) is 4.03. The Balaban J connectivity index is 2.10. The Morgan fingerprint density at radius 2 is 2.11 bits per heavy atom. The number of carbonyl (C=O) groups excluding carboxylic acids is 1. The minimum atomic E-state index is -0.211. The molecule has 0 spiro atoms. The van der Waals surface area contributed by atoms with Gasteiger partial charge in [0.25, 0.3) is 0 Å². The molecule has 2 nitrogen and oxygen atoms in total. The van der Waals surface area contributed by atoms with Crippen molar-refractivity contribution in [3.8, 4) is 0 Å². The topological polar surface area (TPSA) is 26.3 Å². The predicted octanol–water partition coefficient (Wildman–Crippen LogP) is 4.18. The molecule has 0 aromatic carbocycles. The van der Waals surface area contributed by atoms with Gasteiger partial charge in [-0.15, -0.1) is 0 Å². The quantitative estimate of drug-likeness (QED) is 0.704. The van der Waals surface area contributed by atoms with Crippen LogP contribution in [0.15, 0.2) is 0 Å². The first kappa shape index (κ1) is 13.9. The van der Waals surface area contributed by atoms with Crippen LogP contribution >= 0.6 is 0 Å². The molecule has 2 aliphatic carbocycles. The molecule has 5 unspecified atom stereocenters. The van der Waals surface area contributed by atoms with Gasteiger partial charge in [0.15, 0.2) is 0 Å². The number of hydrogen-bond donors (Lipinski definition) is 0. The van der Waals surface area contributed by atoms with Crippen LogP contribution in [0.25, 0.3) is 0 Å². The van der Waals surface area contributed by atoms with E-state index in [4.69, 9.17) is 4.74 Å². The van der Waals surface area contributed by atoms with Gasteiger partial charge in [-0.1, -0.05) is 33.6 Å². The maximum Gasteiger partial charge on any atom is 0.309 e. The highest BCUT2D eigenvalue weighted by Crippen LogP contribution is 2.50. The maximum atomic E-state index is 12.1. The number of fused-ring (bicyclic) bond motifs is 2. The Labute approximate surface area is 111 Å². The standard InChI is InChI=1S/C16H28O2/c1-5-11(2)15(17)18-16(4)12(3)9-13-7-6-8-14(16)10-13/h11-14H,5-10H2,1-4H3. The molecule has 0 N–H and O–H groups in total. The van der Waals surface area contributed by atoms with E-state index in [0.29, 0.717) is 11.8 Å².